The Labute approximate surface area is 108 Å². The maximum Gasteiger partial charge on any atom is 0.325 e. The quantitative estimate of drug-likeness (QED) is 0.707. The van der Waals surface area contributed by atoms with E-state index >= 15 is 0 Å². The Balaban J connectivity index is 0.00000256. The molecule has 0 radical (unpaired) electrons. The van der Waals surface area contributed by atoms with Crippen molar-refractivity contribution in [3.8, 4) is 0 Å². The standard InChI is InChI=1S/C11H20N2O3.ClH/c1-2-16-10(14)7-13-11(15)9-5-3-4-8(9)6-12;/h8-9H,2-7,12H2,1H3,(H,13,15);1H/t8-,9-;/m1./s1. The highest BCUT2D eigenvalue weighted by atomic mass is 35.5. The Morgan fingerprint density at radius 1 is 1.41 bits per heavy atom. The first-order chi connectivity index (χ1) is 7.69. The van der Waals surface area contributed by atoms with Crippen molar-refractivity contribution in [3.63, 3.8) is 0 Å². The highest BCUT2D eigenvalue weighted by Crippen LogP contribution is 2.30. The lowest BCUT2D eigenvalue weighted by atomic mass is 9.95. The monoisotopic (exact) mass is 264 g/mol. The van der Waals surface area contributed by atoms with E-state index in [4.69, 9.17) is 10.5 Å². The van der Waals surface area contributed by atoms with Crippen LogP contribution in [0.2, 0.25) is 0 Å². The van der Waals surface area contributed by atoms with Crippen LogP contribution >= 0.6 is 12.4 Å². The van der Waals surface area contributed by atoms with Gasteiger partial charge in [0.1, 0.15) is 6.54 Å². The fourth-order valence-electron chi connectivity index (χ4n) is 2.17. The van der Waals surface area contributed by atoms with E-state index < -0.39 is 5.97 Å². The van der Waals surface area contributed by atoms with E-state index in [9.17, 15) is 9.59 Å². The molecule has 100 valence electrons. The highest BCUT2D eigenvalue weighted by molar-refractivity contribution is 5.85. The van der Waals surface area contributed by atoms with Gasteiger partial charge in [0, 0.05) is 5.92 Å². The second-order valence-corrected chi connectivity index (χ2v) is 4.06. The number of esters is 1. The van der Waals surface area contributed by atoms with Crippen LogP contribution in [0.3, 0.4) is 0 Å². The fourth-order valence-corrected chi connectivity index (χ4v) is 2.17. The van der Waals surface area contributed by atoms with Crippen LogP contribution in [0.25, 0.3) is 0 Å². The average molecular weight is 265 g/mol. The normalized spacial score (nSPS) is 22.7. The molecule has 1 aliphatic carbocycles. The van der Waals surface area contributed by atoms with Crippen LogP contribution in [0.15, 0.2) is 0 Å². The number of rotatable bonds is 5. The second-order valence-electron chi connectivity index (χ2n) is 4.06. The van der Waals surface area contributed by atoms with Crippen LogP contribution in [0, 0.1) is 11.8 Å². The van der Waals surface area contributed by atoms with Crippen LogP contribution in [-0.4, -0.2) is 31.6 Å². The summed E-state index contributed by atoms with van der Waals surface area (Å²) >= 11 is 0. The molecule has 5 nitrogen and oxygen atoms in total. The molecule has 0 heterocycles. The Morgan fingerprint density at radius 3 is 2.71 bits per heavy atom. The summed E-state index contributed by atoms with van der Waals surface area (Å²) in [6.45, 7) is 2.57. The number of ether oxygens (including phenoxy) is 1. The summed E-state index contributed by atoms with van der Waals surface area (Å²) in [7, 11) is 0. The van der Waals surface area contributed by atoms with Gasteiger partial charge in [-0.25, -0.2) is 0 Å². The minimum Gasteiger partial charge on any atom is -0.465 e. The van der Waals surface area contributed by atoms with Crippen molar-refractivity contribution in [2.45, 2.75) is 26.2 Å². The van der Waals surface area contributed by atoms with Crippen molar-refractivity contribution in [2.24, 2.45) is 17.6 Å². The summed E-state index contributed by atoms with van der Waals surface area (Å²) in [6, 6.07) is 0. The Kier molecular flexibility index (Phi) is 7.91. The van der Waals surface area contributed by atoms with E-state index in [1.165, 1.54) is 0 Å². The molecule has 1 fully saturated rings. The molecule has 6 heteroatoms. The predicted octanol–water partition coefficient (Wildman–Crippen LogP) is 0.462. The summed E-state index contributed by atoms with van der Waals surface area (Å²) < 4.78 is 4.73. The van der Waals surface area contributed by atoms with Crippen molar-refractivity contribution in [2.75, 3.05) is 19.7 Å². The highest BCUT2D eigenvalue weighted by Gasteiger charge is 2.31. The summed E-state index contributed by atoms with van der Waals surface area (Å²) in [5.41, 5.74) is 5.59. The zero-order valence-corrected chi connectivity index (χ0v) is 10.9. The Morgan fingerprint density at radius 2 is 2.12 bits per heavy atom. The Bertz CT molecular complexity index is 261. The van der Waals surface area contributed by atoms with Gasteiger partial charge in [0.15, 0.2) is 0 Å². The van der Waals surface area contributed by atoms with Crippen molar-refractivity contribution in [3.05, 3.63) is 0 Å². The van der Waals surface area contributed by atoms with Gasteiger partial charge >= 0.3 is 5.97 Å². The van der Waals surface area contributed by atoms with Gasteiger partial charge in [0.25, 0.3) is 0 Å². The number of halogens is 1. The summed E-state index contributed by atoms with van der Waals surface area (Å²) in [4.78, 5) is 22.8. The van der Waals surface area contributed by atoms with Crippen molar-refractivity contribution >= 4 is 24.3 Å². The van der Waals surface area contributed by atoms with Crippen LogP contribution in [0.4, 0.5) is 0 Å². The molecule has 3 N–H and O–H groups in total. The molecule has 0 aliphatic heterocycles. The van der Waals surface area contributed by atoms with Crippen LogP contribution < -0.4 is 11.1 Å². The maximum absolute atomic E-state index is 11.7. The van der Waals surface area contributed by atoms with E-state index in [2.05, 4.69) is 5.32 Å². The molecule has 2 atom stereocenters. The van der Waals surface area contributed by atoms with Gasteiger partial charge in [-0.15, -0.1) is 12.4 Å². The number of amides is 1. The number of nitrogens with two attached hydrogens (primary N) is 1. The van der Waals surface area contributed by atoms with Gasteiger partial charge in [0.2, 0.25) is 5.91 Å². The summed E-state index contributed by atoms with van der Waals surface area (Å²) in [5.74, 6) is -0.222. The van der Waals surface area contributed by atoms with Crippen molar-refractivity contribution < 1.29 is 14.3 Å². The molecule has 1 saturated carbocycles. The van der Waals surface area contributed by atoms with Crippen LogP contribution in [-0.2, 0) is 14.3 Å². The third-order valence-electron chi connectivity index (χ3n) is 3.01. The minimum absolute atomic E-state index is 0. The lowest BCUT2D eigenvalue weighted by molar-refractivity contribution is -0.144. The molecular weight excluding hydrogens is 244 g/mol. The van der Waals surface area contributed by atoms with E-state index in [1.807, 2.05) is 0 Å². The first-order valence-electron chi connectivity index (χ1n) is 5.82. The number of carbonyl (C=O) groups excluding carboxylic acids is 2. The summed E-state index contributed by atoms with van der Waals surface area (Å²) in [6.07, 6.45) is 2.92. The molecule has 1 rings (SSSR count). The fraction of sp³-hybridized carbons (Fsp3) is 0.818. The van der Waals surface area contributed by atoms with E-state index in [0.717, 1.165) is 19.3 Å². The molecule has 0 bridgehead atoms. The van der Waals surface area contributed by atoms with Gasteiger partial charge in [-0.3, -0.25) is 9.59 Å². The minimum atomic E-state index is -0.391. The number of nitrogens with one attached hydrogen (secondary N) is 1. The molecule has 0 spiro atoms. The molecule has 0 aromatic heterocycles. The number of hydrogen-bond donors (Lipinski definition) is 2. The molecule has 0 aromatic rings. The first kappa shape index (κ1) is 16.2. The number of hydrogen-bond acceptors (Lipinski definition) is 4. The maximum atomic E-state index is 11.7. The lowest BCUT2D eigenvalue weighted by Gasteiger charge is -2.16. The number of carbonyl (C=O) groups is 2. The molecular formula is C11H21ClN2O3. The molecule has 0 saturated heterocycles. The summed E-state index contributed by atoms with van der Waals surface area (Å²) in [5, 5.41) is 2.60. The second kappa shape index (κ2) is 8.31. The molecule has 1 amide bonds. The van der Waals surface area contributed by atoms with Crippen molar-refractivity contribution in [1.29, 1.82) is 0 Å². The zero-order chi connectivity index (χ0) is 12.0. The molecule has 0 aromatic carbocycles. The van der Waals surface area contributed by atoms with Gasteiger partial charge in [-0.1, -0.05) is 6.42 Å². The smallest absolute Gasteiger partial charge is 0.325 e. The van der Waals surface area contributed by atoms with Crippen LogP contribution in [0.1, 0.15) is 26.2 Å². The van der Waals surface area contributed by atoms with E-state index in [-0.39, 0.29) is 36.7 Å². The Hall–Kier alpha value is -0.810. The average Bonchev–Trinajstić information content (AvgIpc) is 2.74. The SMILES string of the molecule is CCOC(=O)CNC(=O)[C@@H]1CCC[C@@H]1CN.Cl. The largest absolute Gasteiger partial charge is 0.465 e. The third kappa shape index (κ3) is 4.91. The van der Waals surface area contributed by atoms with Gasteiger partial charge < -0.3 is 15.8 Å². The lowest BCUT2D eigenvalue weighted by Crippen LogP contribution is -2.38. The van der Waals surface area contributed by atoms with Crippen LogP contribution in [0.5, 0.6) is 0 Å². The third-order valence-corrected chi connectivity index (χ3v) is 3.01. The molecule has 0 unspecified atom stereocenters. The van der Waals surface area contributed by atoms with Gasteiger partial charge in [0.05, 0.1) is 6.61 Å². The predicted molar refractivity (Wildman–Crippen MR) is 66.8 cm³/mol. The van der Waals surface area contributed by atoms with Gasteiger partial charge in [-0.2, -0.15) is 0 Å². The molecule has 17 heavy (non-hydrogen) atoms. The van der Waals surface area contributed by atoms with E-state index in [1.54, 1.807) is 6.92 Å². The van der Waals surface area contributed by atoms with E-state index in [0.29, 0.717) is 13.2 Å². The van der Waals surface area contributed by atoms with Gasteiger partial charge in [-0.05, 0) is 32.2 Å². The zero-order valence-electron chi connectivity index (χ0n) is 10.1. The van der Waals surface area contributed by atoms with Crippen molar-refractivity contribution in [1.82, 2.24) is 5.32 Å². The topological polar surface area (TPSA) is 81.4 Å². The molecule has 1 aliphatic rings. The first-order valence-corrected chi connectivity index (χ1v) is 5.82.